The Balaban J connectivity index is 1.50. The van der Waals surface area contributed by atoms with Crippen LogP contribution in [0.4, 0.5) is 0 Å². The second-order valence-corrected chi connectivity index (χ2v) is 9.27. The number of hydrogen-bond acceptors (Lipinski definition) is 7. The molecule has 0 bridgehead atoms. The van der Waals surface area contributed by atoms with E-state index in [2.05, 4.69) is 4.98 Å². The molecule has 2 aromatic carbocycles. The molecular formula is C27H30N2O7. The van der Waals surface area contributed by atoms with Gasteiger partial charge in [0.15, 0.2) is 11.8 Å². The summed E-state index contributed by atoms with van der Waals surface area (Å²) in [6.07, 6.45) is 0.434. The van der Waals surface area contributed by atoms with E-state index >= 15 is 0 Å². The zero-order chi connectivity index (χ0) is 25.2. The molecule has 9 heteroatoms. The molecule has 5 rings (SSSR count). The number of ether oxygens (including phenoxy) is 4. The van der Waals surface area contributed by atoms with Gasteiger partial charge >= 0.3 is 5.69 Å². The summed E-state index contributed by atoms with van der Waals surface area (Å²) in [5.41, 5.74) is -0.303. The maximum Gasteiger partial charge on any atom is 0.330 e. The van der Waals surface area contributed by atoms with Crippen molar-refractivity contribution in [2.75, 3.05) is 13.2 Å². The van der Waals surface area contributed by atoms with E-state index in [4.69, 9.17) is 18.9 Å². The van der Waals surface area contributed by atoms with E-state index in [1.807, 2.05) is 60.7 Å². The summed E-state index contributed by atoms with van der Waals surface area (Å²) in [5, 5.41) is 12.0. The van der Waals surface area contributed by atoms with Crippen LogP contribution in [0.2, 0.25) is 0 Å². The van der Waals surface area contributed by atoms with E-state index in [0.717, 1.165) is 11.1 Å². The Kier molecular flexibility index (Phi) is 6.92. The lowest BCUT2D eigenvalue weighted by Gasteiger charge is -2.47. The second kappa shape index (κ2) is 10.1. The number of H-pyrrole nitrogens is 1. The van der Waals surface area contributed by atoms with Gasteiger partial charge in [-0.3, -0.25) is 14.3 Å². The number of aromatic amines is 1. The summed E-state index contributed by atoms with van der Waals surface area (Å²) in [7, 11) is 0. The van der Waals surface area contributed by atoms with E-state index in [0.29, 0.717) is 25.0 Å². The third-order valence-corrected chi connectivity index (χ3v) is 6.89. The minimum atomic E-state index is -1.99. The van der Waals surface area contributed by atoms with Gasteiger partial charge in [0, 0.05) is 11.8 Å². The van der Waals surface area contributed by atoms with Crippen LogP contribution in [0.3, 0.4) is 0 Å². The molecule has 2 fully saturated rings. The first kappa shape index (κ1) is 24.6. The van der Waals surface area contributed by atoms with E-state index in [1.165, 1.54) is 10.8 Å². The van der Waals surface area contributed by atoms with Crippen molar-refractivity contribution in [3.8, 4) is 0 Å². The van der Waals surface area contributed by atoms with Gasteiger partial charge in [0.25, 0.3) is 5.56 Å². The van der Waals surface area contributed by atoms with E-state index in [9.17, 15) is 14.7 Å². The molecule has 0 radical (unpaired) electrons. The maximum atomic E-state index is 12.8. The Hall–Kier alpha value is -3.08. The molecule has 0 spiro atoms. The summed E-state index contributed by atoms with van der Waals surface area (Å²) in [5.74, 6) is -1.99. The second-order valence-electron chi connectivity index (χ2n) is 9.27. The van der Waals surface area contributed by atoms with Crippen LogP contribution >= 0.6 is 0 Å². The van der Waals surface area contributed by atoms with Crippen LogP contribution < -0.4 is 11.2 Å². The van der Waals surface area contributed by atoms with E-state index in [1.54, 1.807) is 6.92 Å². The van der Waals surface area contributed by atoms with Crippen LogP contribution in [0, 0.1) is 6.92 Å². The molecule has 0 saturated carbocycles. The van der Waals surface area contributed by atoms with Crippen LogP contribution in [-0.4, -0.2) is 45.4 Å². The first-order valence-electron chi connectivity index (χ1n) is 12.1. The van der Waals surface area contributed by atoms with Gasteiger partial charge in [-0.15, -0.1) is 0 Å². The fraction of sp³-hybridized carbons (Fsp3) is 0.407. The molecule has 0 aliphatic carbocycles. The third kappa shape index (κ3) is 4.44. The molecule has 3 aromatic rings. The van der Waals surface area contributed by atoms with Crippen LogP contribution in [0.15, 0.2) is 76.4 Å². The zero-order valence-electron chi connectivity index (χ0n) is 20.1. The Morgan fingerprint density at radius 2 is 1.72 bits per heavy atom. The van der Waals surface area contributed by atoms with Crippen molar-refractivity contribution in [1.82, 2.24) is 9.55 Å². The van der Waals surface area contributed by atoms with Crippen molar-refractivity contribution in [1.29, 1.82) is 0 Å². The Bertz CT molecular complexity index is 1290. The van der Waals surface area contributed by atoms with Crippen LogP contribution in [0.25, 0.3) is 0 Å². The Morgan fingerprint density at radius 3 is 2.42 bits per heavy atom. The molecule has 190 valence electrons. The van der Waals surface area contributed by atoms with E-state index in [-0.39, 0.29) is 19.8 Å². The number of fused-ring (bicyclic) bond motifs is 1. The summed E-state index contributed by atoms with van der Waals surface area (Å²) in [6, 6.07) is 19.3. The fourth-order valence-electron chi connectivity index (χ4n) is 4.99. The van der Waals surface area contributed by atoms with Gasteiger partial charge in [0.2, 0.25) is 5.79 Å². The topological polar surface area (TPSA) is 112 Å². The van der Waals surface area contributed by atoms with Gasteiger partial charge in [-0.2, -0.15) is 0 Å². The lowest BCUT2D eigenvalue weighted by molar-refractivity contribution is -0.341. The number of nitrogens with zero attached hydrogens (tertiary/aromatic N) is 1. The number of rotatable bonds is 8. The normalized spacial score (nSPS) is 27.6. The lowest BCUT2D eigenvalue weighted by atomic mass is 9.82. The maximum absolute atomic E-state index is 12.8. The number of benzene rings is 2. The number of hydrogen-bond donors (Lipinski definition) is 2. The number of aromatic nitrogens is 2. The monoisotopic (exact) mass is 494 g/mol. The molecule has 1 aromatic heterocycles. The quantitative estimate of drug-likeness (QED) is 0.495. The van der Waals surface area contributed by atoms with Crippen LogP contribution in [-0.2, 0) is 32.2 Å². The Morgan fingerprint density at radius 1 is 1.06 bits per heavy atom. The molecule has 2 aliphatic heterocycles. The largest absolute Gasteiger partial charge is 0.374 e. The zero-order valence-corrected chi connectivity index (χ0v) is 20.1. The van der Waals surface area contributed by atoms with Crippen molar-refractivity contribution in [2.24, 2.45) is 0 Å². The van der Waals surface area contributed by atoms with Crippen molar-refractivity contribution < 1.29 is 24.1 Å². The standard InChI is InChI=1S/C27H30N2O7/c1-19-15-29(25(31)28-23(19)30)24-27(32)26(13-8-14-34-27,35-17-21-11-6-3-7-12-21)22(36-24)18-33-16-20-9-4-2-5-10-20/h2-7,9-12,15,22,24,32H,8,13-14,16-18H2,1H3,(H,28,30,31)/t22-,24-,26-,27-/m1/s1. The molecule has 2 N–H and O–H groups in total. The van der Waals surface area contributed by atoms with Crippen molar-refractivity contribution in [2.45, 2.75) is 56.7 Å². The number of aliphatic hydroxyl groups is 1. The van der Waals surface area contributed by atoms with Gasteiger partial charge in [-0.05, 0) is 30.9 Å². The smallest absolute Gasteiger partial charge is 0.330 e. The van der Waals surface area contributed by atoms with Crippen molar-refractivity contribution in [3.63, 3.8) is 0 Å². The van der Waals surface area contributed by atoms with Gasteiger partial charge in [-0.1, -0.05) is 60.7 Å². The molecule has 0 amide bonds. The minimum Gasteiger partial charge on any atom is -0.374 e. The predicted molar refractivity (Wildman–Crippen MR) is 130 cm³/mol. The predicted octanol–water partition coefficient (Wildman–Crippen LogP) is 2.41. The molecule has 0 unspecified atom stereocenters. The highest BCUT2D eigenvalue weighted by atomic mass is 16.7. The summed E-state index contributed by atoms with van der Waals surface area (Å²) < 4.78 is 25.9. The highest BCUT2D eigenvalue weighted by molar-refractivity contribution is 5.17. The molecule has 36 heavy (non-hydrogen) atoms. The van der Waals surface area contributed by atoms with Gasteiger partial charge in [-0.25, -0.2) is 4.79 Å². The summed E-state index contributed by atoms with van der Waals surface area (Å²) in [6.45, 7) is 2.49. The summed E-state index contributed by atoms with van der Waals surface area (Å²) >= 11 is 0. The Labute approximate surface area is 208 Å². The highest BCUT2D eigenvalue weighted by Crippen LogP contribution is 2.53. The van der Waals surface area contributed by atoms with E-state index < -0.39 is 35.0 Å². The molecular weight excluding hydrogens is 464 g/mol. The number of aryl methyl sites for hydroxylation is 1. The minimum absolute atomic E-state index is 0.100. The average Bonchev–Trinajstić information content (AvgIpc) is 3.14. The molecule has 9 nitrogen and oxygen atoms in total. The van der Waals surface area contributed by atoms with Crippen LogP contribution in [0.5, 0.6) is 0 Å². The first-order valence-corrected chi connectivity index (χ1v) is 12.1. The molecule has 3 heterocycles. The van der Waals surface area contributed by atoms with Crippen LogP contribution in [0.1, 0.15) is 35.8 Å². The highest BCUT2D eigenvalue weighted by Gasteiger charge is 2.70. The van der Waals surface area contributed by atoms with Gasteiger partial charge in [0.05, 0.1) is 26.4 Å². The SMILES string of the molecule is Cc1cn([C@@H]2O[C@H](COCc3ccccc3)[C@]3(OCc4ccccc4)CCCO[C@]23O)c(=O)[nH]c1=O. The van der Waals surface area contributed by atoms with Gasteiger partial charge in [0.1, 0.15) is 6.10 Å². The van der Waals surface area contributed by atoms with Crippen molar-refractivity contribution in [3.05, 3.63) is 104 Å². The average molecular weight is 495 g/mol. The summed E-state index contributed by atoms with van der Waals surface area (Å²) in [4.78, 5) is 27.0. The fourth-order valence-corrected chi connectivity index (χ4v) is 4.99. The molecule has 2 aliphatic rings. The third-order valence-electron chi connectivity index (χ3n) is 6.89. The number of nitrogens with one attached hydrogen (secondary N) is 1. The first-order chi connectivity index (χ1) is 17.4. The molecule has 2 saturated heterocycles. The van der Waals surface area contributed by atoms with Gasteiger partial charge < -0.3 is 24.1 Å². The lowest BCUT2D eigenvalue weighted by Crippen LogP contribution is -2.64. The van der Waals surface area contributed by atoms with Crippen molar-refractivity contribution >= 4 is 0 Å². The molecule has 4 atom stereocenters.